The Hall–Kier alpha value is -4.18. The van der Waals surface area contributed by atoms with E-state index in [0.717, 1.165) is 22.4 Å². The van der Waals surface area contributed by atoms with Gasteiger partial charge < -0.3 is 30.4 Å². The van der Waals surface area contributed by atoms with E-state index in [1.54, 1.807) is 49.7 Å². The van der Waals surface area contributed by atoms with Gasteiger partial charge in [0.25, 0.3) is 0 Å². The number of hydrogen-bond donors (Lipinski definition) is 6. The molecule has 0 amide bonds. The van der Waals surface area contributed by atoms with Gasteiger partial charge in [0.1, 0.15) is 15.5 Å². The summed E-state index contributed by atoms with van der Waals surface area (Å²) in [5.74, 6) is -2.14. The molecule has 0 fully saturated rings. The number of aromatic amines is 2. The van der Waals surface area contributed by atoms with Crippen molar-refractivity contribution in [3.8, 4) is 16.9 Å². The molecule has 6 N–H and O–H groups in total. The number of aromatic hydroxyl groups is 1. The van der Waals surface area contributed by atoms with Gasteiger partial charge in [-0.05, 0) is 18.9 Å². The fourth-order valence-electron chi connectivity index (χ4n) is 4.69. The second kappa shape index (κ2) is 9.70. The number of carboxylic acid groups (broad SMARTS) is 1. The summed E-state index contributed by atoms with van der Waals surface area (Å²) in [5, 5.41) is 41.6. The lowest BCUT2D eigenvalue weighted by atomic mass is 9.99. The zero-order chi connectivity index (χ0) is 26.3. The third-order valence-electron chi connectivity index (χ3n) is 6.41. The number of aromatic nitrogens is 2. The van der Waals surface area contributed by atoms with Gasteiger partial charge in [-0.3, -0.25) is 4.79 Å². The fourth-order valence-corrected chi connectivity index (χ4v) is 5.69. The van der Waals surface area contributed by atoms with Gasteiger partial charge in [0.15, 0.2) is 0 Å². The van der Waals surface area contributed by atoms with Gasteiger partial charge in [0, 0.05) is 45.4 Å². The van der Waals surface area contributed by atoms with Gasteiger partial charge in [-0.25, -0.2) is 4.79 Å². The van der Waals surface area contributed by atoms with E-state index in [2.05, 4.69) is 9.97 Å². The number of allylic oxidation sites excluding steroid dienone is 1. The average molecular weight is 517 g/mol. The van der Waals surface area contributed by atoms with Crippen LogP contribution in [0.25, 0.3) is 32.9 Å². The molecular formula is C28H24N2O6S. The van der Waals surface area contributed by atoms with Gasteiger partial charge in [-0.15, -0.1) is 11.3 Å². The molecule has 8 nitrogen and oxygen atoms in total. The van der Waals surface area contributed by atoms with E-state index in [1.807, 2.05) is 18.2 Å². The average Bonchev–Trinajstić information content (AvgIpc) is 3.58. The van der Waals surface area contributed by atoms with Crippen LogP contribution in [0.1, 0.15) is 49.1 Å². The Labute approximate surface area is 215 Å². The molecule has 2 aromatic carbocycles. The van der Waals surface area contributed by atoms with Gasteiger partial charge in [-0.1, -0.05) is 48.6 Å². The maximum absolute atomic E-state index is 13.6. The highest BCUT2D eigenvalue weighted by atomic mass is 32.1. The van der Waals surface area contributed by atoms with Crippen molar-refractivity contribution in [2.45, 2.75) is 19.4 Å². The standard InChI is InChI=1S/C28H24N2O6S/c1-14(32)16-8-5-10-17-19(12-30-23(16)17)21-25(34)27(37-26(21)28(35)36)24(33)20-13-29-22-15(6-2-3-11-31)7-4-9-18(20)22/h2-5,7-10,12-14,29-32,34H,6,11H2,1H3,(H,35,36)/b3-2+. The van der Waals surface area contributed by atoms with E-state index >= 15 is 0 Å². The normalized spacial score (nSPS) is 12.6. The van der Waals surface area contributed by atoms with Crippen molar-refractivity contribution in [2.24, 2.45) is 0 Å². The molecule has 0 radical (unpaired) electrons. The summed E-state index contributed by atoms with van der Waals surface area (Å²) in [6.45, 7) is 1.57. The van der Waals surface area contributed by atoms with E-state index in [4.69, 9.17) is 5.11 Å². The van der Waals surface area contributed by atoms with Crippen LogP contribution in [-0.4, -0.2) is 48.8 Å². The molecule has 1 atom stereocenters. The van der Waals surface area contributed by atoms with Crippen LogP contribution in [0.5, 0.6) is 5.75 Å². The Morgan fingerprint density at radius 3 is 2.46 bits per heavy atom. The Morgan fingerprint density at radius 1 is 1.00 bits per heavy atom. The van der Waals surface area contributed by atoms with Crippen LogP contribution in [-0.2, 0) is 6.42 Å². The maximum atomic E-state index is 13.6. The summed E-state index contributed by atoms with van der Waals surface area (Å²) in [5.41, 5.74) is 3.75. The van der Waals surface area contributed by atoms with Crippen molar-refractivity contribution in [2.75, 3.05) is 6.61 Å². The molecule has 5 aromatic rings. The number of carboxylic acids is 1. The minimum Gasteiger partial charge on any atom is -0.506 e. The van der Waals surface area contributed by atoms with Gasteiger partial charge in [0.2, 0.25) is 5.78 Å². The number of H-pyrrole nitrogens is 2. The molecule has 188 valence electrons. The van der Waals surface area contributed by atoms with E-state index in [9.17, 15) is 24.9 Å². The van der Waals surface area contributed by atoms with Crippen LogP contribution in [0.15, 0.2) is 60.9 Å². The molecule has 0 aliphatic rings. The minimum atomic E-state index is -1.26. The lowest BCUT2D eigenvalue weighted by Gasteiger charge is -2.07. The lowest BCUT2D eigenvalue weighted by Crippen LogP contribution is -1.98. The second-order valence-corrected chi connectivity index (χ2v) is 9.69. The number of carbonyl (C=O) groups is 2. The summed E-state index contributed by atoms with van der Waals surface area (Å²) < 4.78 is 0. The Balaban J connectivity index is 1.64. The Kier molecular flexibility index (Phi) is 6.43. The van der Waals surface area contributed by atoms with Crippen LogP contribution >= 0.6 is 11.3 Å². The van der Waals surface area contributed by atoms with E-state index in [-0.39, 0.29) is 21.9 Å². The molecular weight excluding hydrogens is 492 g/mol. The third kappa shape index (κ3) is 4.13. The quantitative estimate of drug-likeness (QED) is 0.124. The number of rotatable bonds is 8. The molecule has 0 saturated heterocycles. The number of thiophene rings is 1. The predicted octanol–water partition coefficient (Wildman–Crippen LogP) is 5.16. The van der Waals surface area contributed by atoms with Crippen LogP contribution in [0.2, 0.25) is 0 Å². The van der Waals surface area contributed by atoms with Crippen molar-refractivity contribution in [3.05, 3.63) is 87.4 Å². The number of aliphatic hydroxyl groups is 2. The minimum absolute atomic E-state index is 0.0597. The molecule has 3 heterocycles. The van der Waals surface area contributed by atoms with Crippen molar-refractivity contribution in [3.63, 3.8) is 0 Å². The fraction of sp³-hybridized carbons (Fsp3) is 0.143. The summed E-state index contributed by atoms with van der Waals surface area (Å²) in [7, 11) is 0. The summed E-state index contributed by atoms with van der Waals surface area (Å²) >= 11 is 0.732. The predicted molar refractivity (Wildman–Crippen MR) is 143 cm³/mol. The Bertz CT molecular complexity index is 1690. The zero-order valence-electron chi connectivity index (χ0n) is 19.8. The number of hydrogen-bond acceptors (Lipinski definition) is 6. The first-order chi connectivity index (χ1) is 17.8. The number of para-hydroxylation sites is 2. The molecule has 0 aliphatic heterocycles. The zero-order valence-corrected chi connectivity index (χ0v) is 20.6. The van der Waals surface area contributed by atoms with E-state index in [0.29, 0.717) is 39.4 Å². The van der Waals surface area contributed by atoms with Gasteiger partial charge in [0.05, 0.1) is 23.8 Å². The molecule has 0 aliphatic carbocycles. The van der Waals surface area contributed by atoms with E-state index < -0.39 is 23.6 Å². The number of carbonyl (C=O) groups excluding carboxylic acids is 1. The molecule has 0 spiro atoms. The first kappa shape index (κ1) is 24.5. The smallest absolute Gasteiger partial charge is 0.346 e. The van der Waals surface area contributed by atoms with Gasteiger partial charge in [-0.2, -0.15) is 0 Å². The number of nitrogens with one attached hydrogen (secondary N) is 2. The number of aromatic carboxylic acids is 1. The largest absolute Gasteiger partial charge is 0.506 e. The summed E-state index contributed by atoms with van der Waals surface area (Å²) in [4.78, 5) is 31.8. The monoisotopic (exact) mass is 516 g/mol. The van der Waals surface area contributed by atoms with Crippen molar-refractivity contribution in [1.29, 1.82) is 0 Å². The highest BCUT2D eigenvalue weighted by Gasteiger charge is 2.30. The SMILES string of the molecule is CC(O)c1cccc2c(-c3c(C(=O)O)sc(C(=O)c4c[nH]c5c(C/C=C/CO)cccc45)c3O)c[nH]c12. The van der Waals surface area contributed by atoms with Crippen molar-refractivity contribution >= 4 is 44.9 Å². The lowest BCUT2D eigenvalue weighted by molar-refractivity contribution is 0.0702. The van der Waals surface area contributed by atoms with Crippen molar-refractivity contribution in [1.82, 2.24) is 9.97 Å². The topological polar surface area (TPSA) is 147 Å². The number of benzene rings is 2. The first-order valence-corrected chi connectivity index (χ1v) is 12.4. The Morgan fingerprint density at radius 2 is 1.73 bits per heavy atom. The highest BCUT2D eigenvalue weighted by Crippen LogP contribution is 2.46. The van der Waals surface area contributed by atoms with Crippen molar-refractivity contribution < 1.29 is 30.0 Å². The van der Waals surface area contributed by atoms with E-state index in [1.165, 1.54) is 0 Å². The molecule has 5 rings (SSSR count). The van der Waals surface area contributed by atoms with Gasteiger partial charge >= 0.3 is 5.97 Å². The molecule has 9 heteroatoms. The molecule has 0 bridgehead atoms. The molecule has 1 unspecified atom stereocenters. The highest BCUT2D eigenvalue weighted by molar-refractivity contribution is 7.17. The van der Waals surface area contributed by atoms with Crippen LogP contribution in [0, 0.1) is 0 Å². The second-order valence-electron chi connectivity index (χ2n) is 8.67. The summed E-state index contributed by atoms with van der Waals surface area (Å²) in [6, 6.07) is 10.8. The van der Waals surface area contributed by atoms with Crippen LogP contribution in [0.4, 0.5) is 0 Å². The first-order valence-electron chi connectivity index (χ1n) is 11.6. The third-order valence-corrected chi connectivity index (χ3v) is 7.57. The molecule has 0 saturated carbocycles. The number of aliphatic hydroxyl groups excluding tert-OH is 2. The maximum Gasteiger partial charge on any atom is 0.346 e. The van der Waals surface area contributed by atoms with Crippen LogP contribution < -0.4 is 0 Å². The molecule has 37 heavy (non-hydrogen) atoms. The molecule has 3 aromatic heterocycles. The van der Waals surface area contributed by atoms with Crippen LogP contribution in [0.3, 0.4) is 0 Å². The number of ketones is 1. The number of fused-ring (bicyclic) bond motifs is 2. The summed E-state index contributed by atoms with van der Waals surface area (Å²) in [6.07, 6.45) is 6.41.